The van der Waals surface area contributed by atoms with Crippen molar-refractivity contribution in [1.82, 2.24) is 20.2 Å². The summed E-state index contributed by atoms with van der Waals surface area (Å²) in [6.45, 7) is 1.94. The van der Waals surface area contributed by atoms with Gasteiger partial charge in [0, 0.05) is 31.5 Å². The SMILES string of the molecule is N#C[C@@H]1CCCN1C(=O)CNC1CCC(CNc2ncc(Br)cn2)CC1. The van der Waals surface area contributed by atoms with E-state index >= 15 is 0 Å². The van der Waals surface area contributed by atoms with Crippen LogP contribution in [0.15, 0.2) is 16.9 Å². The second kappa shape index (κ2) is 9.28. The van der Waals surface area contributed by atoms with Crippen LogP contribution in [0.5, 0.6) is 0 Å². The number of rotatable bonds is 6. The monoisotopic (exact) mass is 420 g/mol. The van der Waals surface area contributed by atoms with Crippen molar-refractivity contribution in [2.45, 2.75) is 50.6 Å². The molecule has 1 saturated carbocycles. The van der Waals surface area contributed by atoms with Gasteiger partial charge in [-0.15, -0.1) is 0 Å². The Labute approximate surface area is 162 Å². The molecule has 0 radical (unpaired) electrons. The number of nitrogens with one attached hydrogen (secondary N) is 2. The number of nitriles is 1. The zero-order valence-electron chi connectivity index (χ0n) is 14.8. The number of hydrogen-bond donors (Lipinski definition) is 2. The second-order valence-corrected chi connectivity index (χ2v) is 7.99. The van der Waals surface area contributed by atoms with E-state index in [2.05, 4.69) is 42.6 Å². The van der Waals surface area contributed by atoms with Gasteiger partial charge in [0.25, 0.3) is 0 Å². The molecule has 1 aromatic heterocycles. The van der Waals surface area contributed by atoms with E-state index in [1.165, 1.54) is 0 Å². The first-order valence-electron chi connectivity index (χ1n) is 9.29. The zero-order valence-corrected chi connectivity index (χ0v) is 16.4. The lowest BCUT2D eigenvalue weighted by molar-refractivity contribution is -0.130. The third-order valence-corrected chi connectivity index (χ3v) is 5.69. The largest absolute Gasteiger partial charge is 0.354 e. The van der Waals surface area contributed by atoms with E-state index in [1.807, 2.05) is 0 Å². The van der Waals surface area contributed by atoms with Gasteiger partial charge in [-0.2, -0.15) is 5.26 Å². The van der Waals surface area contributed by atoms with Gasteiger partial charge in [0.05, 0.1) is 17.1 Å². The van der Waals surface area contributed by atoms with Crippen LogP contribution in [-0.4, -0.2) is 52.5 Å². The number of amides is 1. The fourth-order valence-corrected chi connectivity index (χ4v) is 3.95. The van der Waals surface area contributed by atoms with Crippen LogP contribution in [0.2, 0.25) is 0 Å². The lowest BCUT2D eigenvalue weighted by Crippen LogP contribution is -2.44. The Morgan fingerprint density at radius 2 is 2.00 bits per heavy atom. The van der Waals surface area contributed by atoms with Gasteiger partial charge in [-0.1, -0.05) is 0 Å². The summed E-state index contributed by atoms with van der Waals surface area (Å²) >= 11 is 3.33. The number of likely N-dealkylation sites (tertiary alicyclic amines) is 1. The predicted molar refractivity (Wildman–Crippen MR) is 102 cm³/mol. The summed E-state index contributed by atoms with van der Waals surface area (Å²) in [7, 11) is 0. The summed E-state index contributed by atoms with van der Waals surface area (Å²) in [4.78, 5) is 22.5. The molecule has 26 heavy (non-hydrogen) atoms. The average molecular weight is 421 g/mol. The maximum atomic E-state index is 12.3. The molecule has 7 nitrogen and oxygen atoms in total. The molecule has 1 amide bonds. The summed E-state index contributed by atoms with van der Waals surface area (Å²) < 4.78 is 0.874. The number of hydrogen-bond acceptors (Lipinski definition) is 6. The van der Waals surface area contributed by atoms with Crippen LogP contribution in [0, 0.1) is 17.2 Å². The molecule has 140 valence electrons. The normalized spacial score (nSPS) is 25.7. The molecule has 3 rings (SSSR count). The van der Waals surface area contributed by atoms with Crippen molar-refractivity contribution >= 4 is 27.8 Å². The maximum Gasteiger partial charge on any atom is 0.237 e. The van der Waals surface area contributed by atoms with Gasteiger partial charge in [0.1, 0.15) is 6.04 Å². The molecule has 2 fully saturated rings. The number of carbonyl (C=O) groups is 1. The van der Waals surface area contributed by atoms with Gasteiger partial charge in [0.15, 0.2) is 0 Å². The van der Waals surface area contributed by atoms with Gasteiger partial charge in [-0.25, -0.2) is 9.97 Å². The number of carbonyl (C=O) groups excluding carboxylic acids is 1. The molecule has 1 aromatic rings. The highest BCUT2D eigenvalue weighted by molar-refractivity contribution is 9.10. The molecule has 0 bridgehead atoms. The molecule has 8 heteroatoms. The number of nitrogens with zero attached hydrogens (tertiary/aromatic N) is 4. The van der Waals surface area contributed by atoms with Crippen molar-refractivity contribution in [2.24, 2.45) is 5.92 Å². The topological polar surface area (TPSA) is 93.9 Å². The van der Waals surface area contributed by atoms with Gasteiger partial charge in [0.2, 0.25) is 11.9 Å². The Balaban J connectivity index is 1.34. The first kappa shape index (κ1) is 19.1. The van der Waals surface area contributed by atoms with Crippen molar-refractivity contribution in [3.05, 3.63) is 16.9 Å². The third kappa shape index (κ3) is 5.15. The van der Waals surface area contributed by atoms with Crippen LogP contribution in [0.3, 0.4) is 0 Å². The molecule has 1 saturated heterocycles. The van der Waals surface area contributed by atoms with Gasteiger partial charge in [-0.3, -0.25) is 4.79 Å². The highest BCUT2D eigenvalue weighted by atomic mass is 79.9. The Kier molecular flexibility index (Phi) is 6.80. The first-order chi connectivity index (χ1) is 12.7. The van der Waals surface area contributed by atoms with Crippen molar-refractivity contribution in [1.29, 1.82) is 5.26 Å². The van der Waals surface area contributed by atoms with E-state index in [1.54, 1.807) is 17.3 Å². The summed E-state index contributed by atoms with van der Waals surface area (Å²) in [6, 6.07) is 2.39. The van der Waals surface area contributed by atoms with Crippen molar-refractivity contribution < 1.29 is 4.79 Å². The summed E-state index contributed by atoms with van der Waals surface area (Å²) in [6.07, 6.45) is 9.62. The van der Waals surface area contributed by atoms with Crippen LogP contribution in [0.1, 0.15) is 38.5 Å². The summed E-state index contributed by atoms with van der Waals surface area (Å²) in [5.41, 5.74) is 0. The highest BCUT2D eigenvalue weighted by Gasteiger charge is 2.29. The molecular formula is C18H25BrN6O. The third-order valence-electron chi connectivity index (χ3n) is 5.28. The van der Waals surface area contributed by atoms with E-state index in [0.29, 0.717) is 24.5 Å². The molecule has 2 N–H and O–H groups in total. The molecule has 1 aliphatic heterocycles. The maximum absolute atomic E-state index is 12.3. The van der Waals surface area contributed by atoms with Crippen LogP contribution in [0.4, 0.5) is 5.95 Å². The number of anilines is 1. The molecule has 0 aromatic carbocycles. The second-order valence-electron chi connectivity index (χ2n) is 7.08. The van der Waals surface area contributed by atoms with Gasteiger partial charge < -0.3 is 15.5 Å². The minimum absolute atomic E-state index is 0.0604. The van der Waals surface area contributed by atoms with E-state index in [0.717, 1.165) is 56.1 Å². The lowest BCUT2D eigenvalue weighted by Gasteiger charge is -2.30. The summed E-state index contributed by atoms with van der Waals surface area (Å²) in [5, 5.41) is 15.8. The van der Waals surface area contributed by atoms with E-state index in [-0.39, 0.29) is 11.9 Å². The van der Waals surface area contributed by atoms with E-state index < -0.39 is 0 Å². The minimum Gasteiger partial charge on any atom is -0.354 e. The molecule has 0 spiro atoms. The standard InChI is InChI=1S/C18H25BrN6O/c19-14-10-23-18(24-11-14)22-9-13-3-5-15(6-4-13)21-12-17(26)25-7-1-2-16(25)8-20/h10-11,13,15-16,21H,1-7,9,12H2,(H,22,23,24)/t13?,15?,16-/m0/s1. The molecule has 0 unspecified atom stereocenters. The lowest BCUT2D eigenvalue weighted by atomic mass is 9.86. The quantitative estimate of drug-likeness (QED) is 0.732. The molecule has 1 aliphatic carbocycles. The van der Waals surface area contributed by atoms with Crippen LogP contribution >= 0.6 is 15.9 Å². The smallest absolute Gasteiger partial charge is 0.237 e. The van der Waals surface area contributed by atoms with Crippen molar-refractivity contribution in [3.8, 4) is 6.07 Å². The van der Waals surface area contributed by atoms with Crippen LogP contribution < -0.4 is 10.6 Å². The van der Waals surface area contributed by atoms with Crippen LogP contribution in [0.25, 0.3) is 0 Å². The van der Waals surface area contributed by atoms with E-state index in [9.17, 15) is 4.79 Å². The predicted octanol–water partition coefficient (Wildman–Crippen LogP) is 2.31. The molecule has 1 atom stereocenters. The Morgan fingerprint density at radius 1 is 1.27 bits per heavy atom. The summed E-state index contributed by atoms with van der Waals surface area (Å²) in [5.74, 6) is 1.33. The fraction of sp³-hybridized carbons (Fsp3) is 0.667. The Morgan fingerprint density at radius 3 is 2.69 bits per heavy atom. The van der Waals surface area contributed by atoms with Crippen molar-refractivity contribution in [2.75, 3.05) is 25.0 Å². The minimum atomic E-state index is -0.230. The van der Waals surface area contributed by atoms with Crippen molar-refractivity contribution in [3.63, 3.8) is 0 Å². The first-order valence-corrected chi connectivity index (χ1v) is 10.1. The molecule has 2 aliphatic rings. The molecular weight excluding hydrogens is 396 g/mol. The Bertz CT molecular complexity index is 638. The average Bonchev–Trinajstić information content (AvgIpc) is 3.15. The van der Waals surface area contributed by atoms with E-state index in [4.69, 9.17) is 5.26 Å². The Hall–Kier alpha value is -1.72. The van der Waals surface area contributed by atoms with Gasteiger partial charge >= 0.3 is 0 Å². The fourth-order valence-electron chi connectivity index (χ4n) is 3.74. The number of aromatic nitrogens is 2. The van der Waals surface area contributed by atoms with Crippen LogP contribution in [-0.2, 0) is 4.79 Å². The highest BCUT2D eigenvalue weighted by Crippen LogP contribution is 2.24. The number of halogens is 1. The zero-order chi connectivity index (χ0) is 18.4. The van der Waals surface area contributed by atoms with Gasteiger partial charge in [-0.05, 0) is 60.4 Å². The molecule has 2 heterocycles.